The smallest absolute Gasteiger partial charge is 0.343 e. The van der Waals surface area contributed by atoms with Gasteiger partial charge in [-0.15, -0.1) is 12.4 Å². The molecule has 0 aliphatic rings. The molecule has 0 fully saturated rings. The van der Waals surface area contributed by atoms with Crippen LogP contribution in [0.1, 0.15) is 37.4 Å². The molecule has 0 atom stereocenters. The van der Waals surface area contributed by atoms with Crippen LogP contribution in [0.4, 0.5) is 0 Å². The fourth-order valence-corrected chi connectivity index (χ4v) is 3.38. The molecule has 0 spiro atoms. The molecule has 6 heteroatoms. The minimum Gasteiger partial charge on any atom is -0.419 e. The number of hydrogen-bond donors (Lipinski definition) is 1. The largest absolute Gasteiger partial charge is 0.419 e. The van der Waals surface area contributed by atoms with E-state index in [1.165, 1.54) is 0 Å². The van der Waals surface area contributed by atoms with Gasteiger partial charge in [-0.05, 0) is 66.6 Å². The monoisotopic (exact) mass is 461 g/mol. The lowest BCUT2D eigenvalue weighted by molar-refractivity contribution is 0.0683. The molecule has 0 aliphatic carbocycles. The van der Waals surface area contributed by atoms with Crippen molar-refractivity contribution in [3.8, 4) is 11.5 Å². The van der Waals surface area contributed by atoms with Crippen LogP contribution >= 0.6 is 12.4 Å². The van der Waals surface area contributed by atoms with E-state index in [9.17, 15) is 9.59 Å². The second kappa shape index (κ2) is 10.3. The number of rotatable bonds is 5. The summed E-state index contributed by atoms with van der Waals surface area (Å²) in [5, 5.41) is 1.66. The number of esters is 2. The highest BCUT2D eigenvalue weighted by Gasteiger charge is 2.18. The molecule has 0 saturated carbocycles. The molecule has 0 aromatic heterocycles. The van der Waals surface area contributed by atoms with E-state index in [4.69, 9.17) is 15.2 Å². The number of fused-ring (bicyclic) bond motifs is 1. The molecule has 5 nitrogen and oxygen atoms in total. The third kappa shape index (κ3) is 5.40. The number of halogens is 1. The van der Waals surface area contributed by atoms with E-state index in [-0.39, 0.29) is 23.9 Å². The Morgan fingerprint density at radius 3 is 1.70 bits per heavy atom. The van der Waals surface area contributed by atoms with Gasteiger partial charge < -0.3 is 15.2 Å². The number of carbonyl (C=O) groups excluding carboxylic acids is 2. The number of carbonyl (C=O) groups is 2. The maximum atomic E-state index is 12.8. The SMILES string of the molecule is Cc1ccc(C(=O)Oc2cc3cccc(CN)c3cc2OC(=O)c2ccc(C)cc2)cc1.Cl. The first-order chi connectivity index (χ1) is 15.4. The van der Waals surface area contributed by atoms with Crippen LogP contribution in [0.2, 0.25) is 0 Å². The minimum atomic E-state index is -0.540. The van der Waals surface area contributed by atoms with Gasteiger partial charge in [-0.1, -0.05) is 53.6 Å². The molecule has 0 unspecified atom stereocenters. The zero-order valence-electron chi connectivity index (χ0n) is 18.3. The molecule has 0 heterocycles. The Kier molecular flexibility index (Phi) is 7.48. The van der Waals surface area contributed by atoms with Gasteiger partial charge in [-0.2, -0.15) is 0 Å². The summed E-state index contributed by atoms with van der Waals surface area (Å²) in [6.45, 7) is 4.21. The summed E-state index contributed by atoms with van der Waals surface area (Å²) in [5.41, 5.74) is 9.66. The zero-order chi connectivity index (χ0) is 22.7. The average molecular weight is 462 g/mol. The van der Waals surface area contributed by atoms with Crippen molar-refractivity contribution < 1.29 is 19.1 Å². The predicted molar refractivity (Wildman–Crippen MR) is 131 cm³/mol. The van der Waals surface area contributed by atoms with E-state index in [0.29, 0.717) is 17.7 Å². The van der Waals surface area contributed by atoms with Gasteiger partial charge in [0.25, 0.3) is 0 Å². The quantitative estimate of drug-likeness (QED) is 0.301. The van der Waals surface area contributed by atoms with Crippen molar-refractivity contribution in [1.82, 2.24) is 0 Å². The van der Waals surface area contributed by atoms with Gasteiger partial charge in [0.1, 0.15) is 0 Å². The van der Waals surface area contributed by atoms with Gasteiger partial charge in [0, 0.05) is 6.54 Å². The first-order valence-electron chi connectivity index (χ1n) is 10.3. The third-order valence-corrected chi connectivity index (χ3v) is 5.23. The summed E-state index contributed by atoms with van der Waals surface area (Å²) < 4.78 is 11.3. The summed E-state index contributed by atoms with van der Waals surface area (Å²) in [4.78, 5) is 25.5. The van der Waals surface area contributed by atoms with Crippen molar-refractivity contribution in [1.29, 1.82) is 0 Å². The van der Waals surface area contributed by atoms with Crippen molar-refractivity contribution in [3.63, 3.8) is 0 Å². The van der Waals surface area contributed by atoms with Crippen molar-refractivity contribution in [2.24, 2.45) is 5.73 Å². The molecule has 0 saturated heterocycles. The average Bonchev–Trinajstić information content (AvgIpc) is 2.79. The van der Waals surface area contributed by atoms with Crippen LogP contribution in [0.5, 0.6) is 11.5 Å². The molecule has 0 aliphatic heterocycles. The fourth-order valence-electron chi connectivity index (χ4n) is 3.38. The van der Waals surface area contributed by atoms with Crippen LogP contribution in [0.15, 0.2) is 78.9 Å². The second-order valence-corrected chi connectivity index (χ2v) is 7.65. The maximum Gasteiger partial charge on any atom is 0.343 e. The Labute approximate surface area is 198 Å². The summed E-state index contributed by atoms with van der Waals surface area (Å²) in [6, 6.07) is 23.2. The molecule has 4 aromatic carbocycles. The van der Waals surface area contributed by atoms with Crippen molar-refractivity contribution in [3.05, 3.63) is 107 Å². The van der Waals surface area contributed by atoms with Gasteiger partial charge in [0.15, 0.2) is 11.5 Å². The summed E-state index contributed by atoms with van der Waals surface area (Å²) in [6.07, 6.45) is 0. The highest BCUT2D eigenvalue weighted by molar-refractivity contribution is 5.96. The molecular formula is C27H24ClNO4. The van der Waals surface area contributed by atoms with Crippen LogP contribution in [0.25, 0.3) is 10.8 Å². The number of ether oxygens (including phenoxy) is 2. The first kappa shape index (κ1) is 24.0. The normalized spacial score (nSPS) is 10.4. The molecule has 168 valence electrons. The Balaban J connectivity index is 0.00000306. The molecular weight excluding hydrogens is 438 g/mol. The summed E-state index contributed by atoms with van der Waals surface area (Å²) >= 11 is 0. The second-order valence-electron chi connectivity index (χ2n) is 7.65. The maximum absolute atomic E-state index is 12.8. The molecule has 4 rings (SSSR count). The van der Waals surface area contributed by atoms with Gasteiger partial charge in [-0.25, -0.2) is 9.59 Å². The lowest BCUT2D eigenvalue weighted by Crippen LogP contribution is -2.13. The molecule has 4 aromatic rings. The lowest BCUT2D eigenvalue weighted by Gasteiger charge is -2.14. The van der Waals surface area contributed by atoms with Gasteiger partial charge in [-0.3, -0.25) is 0 Å². The number of aryl methyl sites for hydroxylation is 2. The van der Waals surface area contributed by atoms with Crippen molar-refractivity contribution in [2.45, 2.75) is 20.4 Å². The number of nitrogens with two attached hydrogens (primary N) is 1. The highest BCUT2D eigenvalue weighted by atomic mass is 35.5. The first-order valence-corrected chi connectivity index (χ1v) is 10.3. The Hall–Kier alpha value is -3.67. The molecule has 0 radical (unpaired) electrons. The predicted octanol–water partition coefficient (Wildman–Crippen LogP) is 5.78. The molecule has 0 amide bonds. The Morgan fingerprint density at radius 2 is 1.21 bits per heavy atom. The third-order valence-electron chi connectivity index (χ3n) is 5.23. The molecule has 33 heavy (non-hydrogen) atoms. The molecule has 2 N–H and O–H groups in total. The van der Waals surface area contributed by atoms with Crippen LogP contribution in [-0.4, -0.2) is 11.9 Å². The zero-order valence-corrected chi connectivity index (χ0v) is 19.1. The van der Waals surface area contributed by atoms with Crippen LogP contribution in [0, 0.1) is 13.8 Å². The van der Waals surface area contributed by atoms with E-state index < -0.39 is 11.9 Å². The van der Waals surface area contributed by atoms with E-state index in [1.54, 1.807) is 36.4 Å². The van der Waals surface area contributed by atoms with E-state index >= 15 is 0 Å². The highest BCUT2D eigenvalue weighted by Crippen LogP contribution is 2.35. The summed E-state index contributed by atoms with van der Waals surface area (Å²) in [7, 11) is 0. The van der Waals surface area contributed by atoms with Crippen LogP contribution < -0.4 is 15.2 Å². The Morgan fingerprint density at radius 1 is 0.727 bits per heavy atom. The Bertz CT molecular complexity index is 1300. The minimum absolute atomic E-state index is 0. The fraction of sp³-hybridized carbons (Fsp3) is 0.111. The standard InChI is InChI=1S/C27H23NO4.ClH/c1-17-6-10-19(11-7-17)26(29)31-24-14-21-4-3-5-22(16-28)23(21)15-25(24)32-27(30)20-12-8-18(2)9-13-20;/h3-15H,16,28H2,1-2H3;1H. The van der Waals surface area contributed by atoms with Crippen molar-refractivity contribution >= 4 is 35.1 Å². The van der Waals surface area contributed by atoms with E-state index in [1.807, 2.05) is 56.3 Å². The van der Waals surface area contributed by atoms with E-state index in [2.05, 4.69) is 0 Å². The summed E-state index contributed by atoms with van der Waals surface area (Å²) in [5.74, 6) is -0.753. The van der Waals surface area contributed by atoms with E-state index in [0.717, 1.165) is 27.5 Å². The van der Waals surface area contributed by atoms with Crippen molar-refractivity contribution in [2.75, 3.05) is 0 Å². The number of hydrogen-bond acceptors (Lipinski definition) is 5. The van der Waals surface area contributed by atoms with Crippen LogP contribution in [-0.2, 0) is 6.54 Å². The lowest BCUT2D eigenvalue weighted by atomic mass is 10.0. The van der Waals surface area contributed by atoms with Gasteiger partial charge >= 0.3 is 11.9 Å². The number of benzene rings is 4. The topological polar surface area (TPSA) is 78.6 Å². The molecule has 0 bridgehead atoms. The van der Waals surface area contributed by atoms with Crippen LogP contribution in [0.3, 0.4) is 0 Å². The van der Waals surface area contributed by atoms with Gasteiger partial charge in [0.2, 0.25) is 0 Å². The van der Waals surface area contributed by atoms with Gasteiger partial charge in [0.05, 0.1) is 11.1 Å².